The van der Waals surface area contributed by atoms with Crippen LogP contribution in [0.1, 0.15) is 19.6 Å². The number of hydrogen-bond acceptors (Lipinski definition) is 8. The van der Waals surface area contributed by atoms with Gasteiger partial charge >= 0.3 is 5.97 Å². The van der Waals surface area contributed by atoms with Crippen LogP contribution in [0.25, 0.3) is 6.08 Å². The highest BCUT2D eigenvalue weighted by atomic mass is 32.2. The average molecular weight is 494 g/mol. The number of rotatable bonds is 8. The molecular weight excluding hydrogens is 470 g/mol. The van der Waals surface area contributed by atoms with Gasteiger partial charge < -0.3 is 19.0 Å². The summed E-state index contributed by atoms with van der Waals surface area (Å²) in [7, 11) is 0. The van der Waals surface area contributed by atoms with E-state index >= 15 is 0 Å². The van der Waals surface area contributed by atoms with Crippen molar-refractivity contribution in [2.75, 3.05) is 13.2 Å². The molecule has 4 rings (SSSR count). The topological polar surface area (TPSA) is 81.3 Å². The Morgan fingerprint density at radius 1 is 1.06 bits per heavy atom. The average Bonchev–Trinajstić information content (AvgIpc) is 3.40. The Kier molecular flexibility index (Phi) is 7.82. The van der Waals surface area contributed by atoms with Gasteiger partial charge in [0.1, 0.15) is 27.9 Å². The zero-order valence-electron chi connectivity index (χ0n) is 18.7. The molecule has 174 valence electrons. The molecule has 3 aromatic rings. The summed E-state index contributed by atoms with van der Waals surface area (Å²) < 4.78 is 16.5. The number of carbonyl (C=O) groups is 1. The van der Waals surface area contributed by atoms with Crippen LogP contribution in [-0.4, -0.2) is 29.3 Å². The molecule has 0 radical (unpaired) electrons. The summed E-state index contributed by atoms with van der Waals surface area (Å²) in [6, 6.07) is 20.8. The Morgan fingerprint density at radius 2 is 1.82 bits per heavy atom. The zero-order chi connectivity index (χ0) is 23.9. The van der Waals surface area contributed by atoms with Gasteiger partial charge in [0, 0.05) is 4.90 Å². The van der Waals surface area contributed by atoms with E-state index in [2.05, 4.69) is 4.99 Å². The van der Waals surface area contributed by atoms with Crippen molar-refractivity contribution in [2.24, 2.45) is 4.99 Å². The maximum Gasteiger partial charge on any atom is 0.344 e. The SMILES string of the molecule is CCOC(=O)C1=C(O)/C(=C/c2ccc(Sc3ccccc3)o2)SC1=Nc1ccc(OCC)cc1. The lowest BCUT2D eigenvalue weighted by molar-refractivity contribution is -0.138. The van der Waals surface area contributed by atoms with Crippen LogP contribution in [0.2, 0.25) is 0 Å². The molecule has 0 unspecified atom stereocenters. The monoisotopic (exact) mass is 493 g/mol. The van der Waals surface area contributed by atoms with Crippen molar-refractivity contribution in [3.8, 4) is 5.75 Å². The Balaban J connectivity index is 1.61. The molecule has 0 atom stereocenters. The molecule has 0 amide bonds. The van der Waals surface area contributed by atoms with Crippen molar-refractivity contribution >= 4 is 46.3 Å². The van der Waals surface area contributed by atoms with Gasteiger partial charge in [-0.25, -0.2) is 9.79 Å². The lowest BCUT2D eigenvalue weighted by atomic mass is 10.2. The molecule has 0 aliphatic carbocycles. The van der Waals surface area contributed by atoms with Crippen molar-refractivity contribution in [3.05, 3.63) is 88.7 Å². The molecule has 2 aromatic carbocycles. The van der Waals surface area contributed by atoms with E-state index in [0.717, 1.165) is 15.7 Å². The molecule has 8 heteroatoms. The number of ether oxygens (including phenoxy) is 2. The molecule has 6 nitrogen and oxygen atoms in total. The lowest BCUT2D eigenvalue weighted by Gasteiger charge is -2.05. The fourth-order valence-corrected chi connectivity index (χ4v) is 4.91. The van der Waals surface area contributed by atoms with E-state index in [0.29, 0.717) is 28.0 Å². The third kappa shape index (κ3) is 5.76. The van der Waals surface area contributed by atoms with Crippen LogP contribution in [0.5, 0.6) is 5.75 Å². The van der Waals surface area contributed by atoms with Crippen LogP contribution in [0.4, 0.5) is 5.69 Å². The molecule has 1 aliphatic heterocycles. The second-order valence-electron chi connectivity index (χ2n) is 6.97. The number of hydrogen-bond donors (Lipinski definition) is 1. The standard InChI is InChI=1S/C26H23NO5S2/c1-3-30-18-12-10-17(11-13-18)27-25-23(26(29)31-4-2)24(28)21(34-25)16-19-14-15-22(32-19)33-20-8-6-5-7-9-20/h5-16,28H,3-4H2,1-2H3/b21-16-,27-25?. The molecule has 1 aromatic heterocycles. The number of furan rings is 1. The number of nitrogens with zero attached hydrogens (tertiary/aromatic N) is 1. The van der Waals surface area contributed by atoms with E-state index < -0.39 is 5.97 Å². The first kappa shape index (κ1) is 23.8. The zero-order valence-corrected chi connectivity index (χ0v) is 20.3. The molecule has 0 saturated heterocycles. The van der Waals surface area contributed by atoms with Gasteiger partial charge in [-0.05, 0) is 68.5 Å². The highest BCUT2D eigenvalue weighted by Gasteiger charge is 2.33. The Hall–Kier alpha value is -3.36. The summed E-state index contributed by atoms with van der Waals surface area (Å²) in [6.45, 7) is 4.39. The largest absolute Gasteiger partial charge is 0.506 e. The number of carbonyl (C=O) groups excluding carboxylic acids is 1. The van der Waals surface area contributed by atoms with Gasteiger partial charge in [-0.3, -0.25) is 0 Å². The molecule has 34 heavy (non-hydrogen) atoms. The van der Waals surface area contributed by atoms with E-state index in [4.69, 9.17) is 13.9 Å². The number of thioether (sulfide) groups is 1. The van der Waals surface area contributed by atoms with E-state index in [9.17, 15) is 9.90 Å². The van der Waals surface area contributed by atoms with Gasteiger partial charge in [-0.1, -0.05) is 41.7 Å². The quantitative estimate of drug-likeness (QED) is 0.338. The van der Waals surface area contributed by atoms with Crippen molar-refractivity contribution in [3.63, 3.8) is 0 Å². The minimum atomic E-state index is -0.625. The summed E-state index contributed by atoms with van der Waals surface area (Å²) in [6.07, 6.45) is 1.69. The van der Waals surface area contributed by atoms with Gasteiger partial charge in [0.25, 0.3) is 0 Å². The minimum Gasteiger partial charge on any atom is -0.506 e. The fraction of sp³-hybridized carbons (Fsp3) is 0.154. The summed E-state index contributed by atoms with van der Waals surface area (Å²) in [4.78, 5) is 18.7. The predicted octanol–water partition coefficient (Wildman–Crippen LogP) is 7.02. The summed E-state index contributed by atoms with van der Waals surface area (Å²) in [5.74, 6) is 0.484. The second kappa shape index (κ2) is 11.2. The van der Waals surface area contributed by atoms with Crippen LogP contribution in [0.3, 0.4) is 0 Å². The molecular formula is C26H23NO5S2. The van der Waals surface area contributed by atoms with Gasteiger partial charge in [0.15, 0.2) is 5.09 Å². The Bertz CT molecular complexity index is 1240. The highest BCUT2D eigenvalue weighted by Crippen LogP contribution is 2.41. The van der Waals surface area contributed by atoms with Crippen LogP contribution in [-0.2, 0) is 9.53 Å². The van der Waals surface area contributed by atoms with Crippen molar-refractivity contribution in [1.82, 2.24) is 0 Å². The van der Waals surface area contributed by atoms with Crippen molar-refractivity contribution in [1.29, 1.82) is 0 Å². The van der Waals surface area contributed by atoms with Crippen LogP contribution in [0, 0.1) is 0 Å². The van der Waals surface area contributed by atoms with Gasteiger partial charge in [0.2, 0.25) is 0 Å². The van der Waals surface area contributed by atoms with Crippen LogP contribution in [0.15, 0.2) is 102 Å². The van der Waals surface area contributed by atoms with E-state index in [-0.39, 0.29) is 17.9 Å². The molecule has 0 bridgehead atoms. The first-order valence-electron chi connectivity index (χ1n) is 10.7. The Labute approximate surface area is 206 Å². The van der Waals surface area contributed by atoms with Gasteiger partial charge in [0.05, 0.1) is 23.8 Å². The summed E-state index contributed by atoms with van der Waals surface area (Å²) >= 11 is 2.69. The molecule has 1 aliphatic rings. The summed E-state index contributed by atoms with van der Waals surface area (Å²) in [5.41, 5.74) is 0.666. The fourth-order valence-electron chi connectivity index (χ4n) is 3.09. The van der Waals surface area contributed by atoms with Gasteiger partial charge in [-0.15, -0.1) is 0 Å². The second-order valence-corrected chi connectivity index (χ2v) is 9.08. The van der Waals surface area contributed by atoms with Crippen LogP contribution < -0.4 is 4.74 Å². The first-order chi connectivity index (χ1) is 16.6. The maximum absolute atomic E-state index is 12.6. The Morgan fingerprint density at radius 3 is 2.53 bits per heavy atom. The van der Waals surface area contributed by atoms with E-state index in [1.54, 1.807) is 25.1 Å². The number of benzene rings is 2. The maximum atomic E-state index is 12.6. The molecule has 1 N–H and O–H groups in total. The number of esters is 1. The first-order valence-corrected chi connectivity index (χ1v) is 12.4. The smallest absolute Gasteiger partial charge is 0.344 e. The van der Waals surface area contributed by atoms with Gasteiger partial charge in [-0.2, -0.15) is 0 Å². The van der Waals surface area contributed by atoms with Crippen molar-refractivity contribution < 1.29 is 23.8 Å². The lowest BCUT2D eigenvalue weighted by Crippen LogP contribution is -2.12. The molecule has 2 heterocycles. The molecule has 0 saturated carbocycles. The third-order valence-electron chi connectivity index (χ3n) is 4.59. The van der Waals surface area contributed by atoms with Crippen LogP contribution >= 0.6 is 23.5 Å². The van der Waals surface area contributed by atoms with E-state index in [1.807, 2.05) is 61.5 Å². The molecule has 0 spiro atoms. The number of aliphatic imine (C=N–C) groups is 1. The van der Waals surface area contributed by atoms with Crippen molar-refractivity contribution in [2.45, 2.75) is 23.8 Å². The van der Waals surface area contributed by atoms with E-state index in [1.165, 1.54) is 23.5 Å². The third-order valence-corrected chi connectivity index (χ3v) is 6.53. The minimum absolute atomic E-state index is 0.0393. The molecule has 0 fully saturated rings. The highest BCUT2D eigenvalue weighted by molar-refractivity contribution is 8.18. The normalized spacial score (nSPS) is 15.8. The number of aliphatic hydroxyl groups is 1. The number of aliphatic hydroxyl groups excluding tert-OH is 1. The summed E-state index contributed by atoms with van der Waals surface area (Å²) in [5, 5.41) is 11.9. The predicted molar refractivity (Wildman–Crippen MR) is 136 cm³/mol.